The Labute approximate surface area is 475 Å². The number of hydrogen-bond donors (Lipinski definition) is 0. The summed E-state index contributed by atoms with van der Waals surface area (Å²) in [4.78, 5) is 11.5. The van der Waals surface area contributed by atoms with Gasteiger partial charge in [-0.3, -0.25) is 0 Å². The van der Waals surface area contributed by atoms with Crippen LogP contribution < -0.4 is 0 Å². The molecule has 7 nitrogen and oxygen atoms in total. The summed E-state index contributed by atoms with van der Waals surface area (Å²) in [6.07, 6.45) is -4.55. The summed E-state index contributed by atoms with van der Waals surface area (Å²) in [5, 5.41) is 23.0. The first-order valence-corrected chi connectivity index (χ1v) is 26.4. The molecule has 10 heteroatoms. The number of nitriles is 2. The van der Waals surface area contributed by atoms with E-state index in [4.69, 9.17) is 19.7 Å². The monoisotopic (exact) mass is 1070 g/mol. The third-order valence-corrected chi connectivity index (χ3v) is 15.6. The highest BCUT2D eigenvalue weighted by atomic mass is 19.4. The van der Waals surface area contributed by atoms with E-state index < -0.39 is 11.7 Å². The van der Waals surface area contributed by atoms with Crippen LogP contribution in [0.15, 0.2) is 224 Å². The zero-order chi connectivity index (χ0) is 57.1. The van der Waals surface area contributed by atoms with Gasteiger partial charge >= 0.3 is 6.18 Å². The van der Waals surface area contributed by atoms with Crippen molar-refractivity contribution in [3.8, 4) is 90.3 Å². The SMILES string of the molecule is [C-]#[N+]c1ccc(-c2ccc3c(c2)c2cc(-c4ccc(C#N)cc4)ccc2n3-c2ccc(-c3ccc(C(F)(F)F)cc3C)cc2-c2c([N+]#[C-])cccc2-n2c3ccc(-c4ccc(C#N)cc4)cc3c3cc(-c4ccc([N+]#[C-])cc4)ccc32)cc1. The molecule has 0 aliphatic carbocycles. The predicted octanol–water partition coefficient (Wildman–Crippen LogP) is 20.6. The molecule has 2 aromatic heterocycles. The summed E-state index contributed by atoms with van der Waals surface area (Å²) in [7, 11) is 0. The van der Waals surface area contributed by atoms with Crippen molar-refractivity contribution < 1.29 is 13.2 Å². The number of benzene rings is 11. The molecule has 0 atom stereocenters. The minimum Gasteiger partial charge on any atom is -0.310 e. The first kappa shape index (κ1) is 50.7. The van der Waals surface area contributed by atoms with Gasteiger partial charge < -0.3 is 9.13 Å². The molecule has 0 aliphatic rings. The van der Waals surface area contributed by atoms with Crippen LogP contribution in [0.5, 0.6) is 0 Å². The van der Waals surface area contributed by atoms with Crippen molar-refractivity contribution in [1.82, 2.24) is 9.13 Å². The Morgan fingerprint density at radius 2 is 0.783 bits per heavy atom. The van der Waals surface area contributed by atoms with Crippen LogP contribution in [0.2, 0.25) is 0 Å². The Kier molecular flexibility index (Phi) is 12.3. The number of halogens is 3. The smallest absolute Gasteiger partial charge is 0.310 e. The number of rotatable bonds is 8. The highest BCUT2D eigenvalue weighted by molar-refractivity contribution is 6.14. The van der Waals surface area contributed by atoms with Crippen LogP contribution in [0.25, 0.3) is 136 Å². The van der Waals surface area contributed by atoms with Crippen molar-refractivity contribution in [1.29, 1.82) is 10.5 Å². The minimum atomic E-state index is -4.55. The largest absolute Gasteiger partial charge is 0.416 e. The van der Waals surface area contributed by atoms with Gasteiger partial charge in [0.05, 0.1) is 76.3 Å². The van der Waals surface area contributed by atoms with E-state index in [0.29, 0.717) is 67.4 Å². The van der Waals surface area contributed by atoms with E-state index in [-0.39, 0.29) is 0 Å². The van der Waals surface area contributed by atoms with Crippen molar-refractivity contribution in [2.45, 2.75) is 13.1 Å². The molecule has 0 aliphatic heterocycles. The summed E-state index contributed by atoms with van der Waals surface area (Å²) >= 11 is 0. The van der Waals surface area contributed by atoms with E-state index in [9.17, 15) is 23.7 Å². The lowest BCUT2D eigenvalue weighted by Gasteiger charge is -2.21. The molecule has 388 valence electrons. The van der Waals surface area contributed by atoms with Crippen molar-refractivity contribution in [3.63, 3.8) is 0 Å². The lowest BCUT2D eigenvalue weighted by Crippen LogP contribution is -2.05. The fourth-order valence-corrected chi connectivity index (χ4v) is 11.6. The van der Waals surface area contributed by atoms with E-state index in [0.717, 1.165) is 94.2 Å². The number of fused-ring (bicyclic) bond motifs is 6. The topological polar surface area (TPSA) is 70.5 Å². The molecule has 13 aromatic rings. The first-order chi connectivity index (χ1) is 40.4. The van der Waals surface area contributed by atoms with E-state index in [1.807, 2.05) is 78.9 Å². The van der Waals surface area contributed by atoms with Crippen molar-refractivity contribution in [3.05, 3.63) is 281 Å². The fourth-order valence-electron chi connectivity index (χ4n) is 11.6. The van der Waals surface area contributed by atoms with Gasteiger partial charge in [-0.2, -0.15) is 23.7 Å². The standard InChI is InChI=1S/C73H40F3N7/c1-44-36-56(73(74,75)76)25-30-59(44)55-24-35-70(82-66-31-20-51(47-12-8-45(42-77)9-13-47)37-60(66)61-39-53(21-32-67(61)82)49-16-26-57(79-2)27-17-49)64(41-55)72-65(81-4)6-5-7-71(72)83-68-33-22-52(48-14-10-46(43-78)11-15-48)38-62(68)63-40-54(23-34-69(63)83)50-18-28-58(80-3)29-19-50/h5-41H,1H3. The molecule has 0 amide bonds. The van der Waals surface area contributed by atoms with Gasteiger partial charge in [0.2, 0.25) is 0 Å². The van der Waals surface area contributed by atoms with Crippen LogP contribution >= 0.6 is 0 Å². The average molecular weight is 1070 g/mol. The van der Waals surface area contributed by atoms with Crippen molar-refractivity contribution in [2.75, 3.05) is 0 Å². The Bertz CT molecular complexity index is 4820. The fraction of sp³-hybridized carbons (Fsp3) is 0.0274. The van der Waals surface area contributed by atoms with Crippen molar-refractivity contribution >= 4 is 60.7 Å². The first-order valence-electron chi connectivity index (χ1n) is 26.4. The molecule has 13 rings (SSSR count). The van der Waals surface area contributed by atoms with Crippen LogP contribution in [0.1, 0.15) is 22.3 Å². The van der Waals surface area contributed by atoms with Crippen LogP contribution in [-0.2, 0) is 6.18 Å². The molecule has 0 saturated carbocycles. The maximum absolute atomic E-state index is 14.2. The summed E-state index contributed by atoms with van der Waals surface area (Å²) in [6, 6.07) is 74.9. The highest BCUT2D eigenvalue weighted by Gasteiger charge is 2.31. The van der Waals surface area contributed by atoms with E-state index >= 15 is 0 Å². The molecule has 83 heavy (non-hydrogen) atoms. The molecule has 0 bridgehead atoms. The number of aryl methyl sites for hydroxylation is 1. The second-order valence-corrected chi connectivity index (χ2v) is 20.3. The Hall–Kier alpha value is -11.7. The molecule has 0 fully saturated rings. The number of alkyl halides is 3. The van der Waals surface area contributed by atoms with E-state index in [1.54, 1.807) is 61.5 Å². The Morgan fingerprint density at radius 3 is 1.17 bits per heavy atom. The van der Waals surface area contributed by atoms with E-state index in [2.05, 4.69) is 109 Å². The van der Waals surface area contributed by atoms with Crippen LogP contribution in [-0.4, -0.2) is 9.13 Å². The maximum atomic E-state index is 14.2. The quantitative estimate of drug-likeness (QED) is 0.142. The number of nitrogens with zero attached hydrogens (tertiary/aromatic N) is 7. The third-order valence-electron chi connectivity index (χ3n) is 15.6. The average Bonchev–Trinajstić information content (AvgIpc) is 3.21. The van der Waals surface area contributed by atoms with Gasteiger partial charge in [-0.25, -0.2) is 14.5 Å². The molecule has 0 spiro atoms. The number of hydrogen-bond acceptors (Lipinski definition) is 2. The van der Waals surface area contributed by atoms with Crippen LogP contribution in [0.4, 0.5) is 30.2 Å². The zero-order valence-electron chi connectivity index (χ0n) is 44.1. The summed E-state index contributed by atoms with van der Waals surface area (Å²) in [5.74, 6) is 0. The summed E-state index contributed by atoms with van der Waals surface area (Å²) in [5.41, 5.74) is 16.9. The molecule has 2 heterocycles. The molecule has 0 radical (unpaired) electrons. The molecule has 0 saturated heterocycles. The van der Waals surface area contributed by atoms with Gasteiger partial charge in [0, 0.05) is 32.8 Å². The lowest BCUT2D eigenvalue weighted by atomic mass is 9.92. The number of aromatic nitrogens is 2. The molecular formula is C73H40F3N7. The lowest BCUT2D eigenvalue weighted by molar-refractivity contribution is -0.137. The van der Waals surface area contributed by atoms with Crippen LogP contribution in [0, 0.1) is 49.3 Å². The van der Waals surface area contributed by atoms with Gasteiger partial charge in [0.1, 0.15) is 0 Å². The van der Waals surface area contributed by atoms with Gasteiger partial charge in [0.15, 0.2) is 17.1 Å². The van der Waals surface area contributed by atoms with Gasteiger partial charge in [-0.1, -0.05) is 121 Å². The predicted molar refractivity (Wildman–Crippen MR) is 326 cm³/mol. The second kappa shape index (κ2) is 20.2. The minimum absolute atomic E-state index is 0.347. The second-order valence-electron chi connectivity index (χ2n) is 20.3. The Balaban J connectivity index is 1.11. The summed E-state index contributed by atoms with van der Waals surface area (Å²) in [6.45, 7) is 25.8. The highest BCUT2D eigenvalue weighted by Crippen LogP contribution is 2.48. The Morgan fingerprint density at radius 1 is 0.386 bits per heavy atom. The molecule has 11 aromatic carbocycles. The zero-order valence-corrected chi connectivity index (χ0v) is 44.1. The van der Waals surface area contributed by atoms with Gasteiger partial charge in [-0.05, 0) is 177 Å². The van der Waals surface area contributed by atoms with Crippen LogP contribution in [0.3, 0.4) is 0 Å². The summed E-state index contributed by atoms with van der Waals surface area (Å²) < 4.78 is 47.1. The third kappa shape index (κ3) is 8.86. The van der Waals surface area contributed by atoms with Crippen molar-refractivity contribution in [2.24, 2.45) is 0 Å². The normalized spacial score (nSPS) is 11.3. The van der Waals surface area contributed by atoms with E-state index in [1.165, 1.54) is 12.1 Å². The maximum Gasteiger partial charge on any atom is 0.416 e. The molecular weight excluding hydrogens is 1030 g/mol. The van der Waals surface area contributed by atoms with Gasteiger partial charge in [-0.15, -0.1) is 0 Å². The molecule has 0 unspecified atom stereocenters. The molecule has 0 N–H and O–H groups in total. The van der Waals surface area contributed by atoms with Gasteiger partial charge in [0.25, 0.3) is 0 Å².